The number of nitrogens with one attached hydrogen (secondary N) is 2. The number of nitrogens with zero attached hydrogens (tertiary/aromatic N) is 2. The molecule has 10 nitrogen and oxygen atoms in total. The number of amides is 2. The smallest absolute Gasteiger partial charge is 0.251 e. The molecule has 4 atom stereocenters. The molecule has 340 valence electrons. The minimum atomic E-state index is -0.163. The summed E-state index contributed by atoms with van der Waals surface area (Å²) in [5.41, 5.74) is 29.9. The van der Waals surface area contributed by atoms with Crippen LogP contribution in [-0.2, 0) is 22.6 Å². The van der Waals surface area contributed by atoms with Crippen LogP contribution in [0.3, 0.4) is 0 Å². The molecule has 0 saturated heterocycles. The van der Waals surface area contributed by atoms with Gasteiger partial charge in [-0.05, 0) is 178 Å². The first-order valence-electron chi connectivity index (χ1n) is 22.2. The van der Waals surface area contributed by atoms with Crippen LogP contribution < -0.4 is 22.1 Å². The minimum Gasteiger partial charge on any atom is -0.384 e. The second-order valence-electron chi connectivity index (χ2n) is 17.6. The Morgan fingerprint density at radius 1 is 0.515 bits per heavy atom. The molecule has 0 fully saturated rings. The standard InChI is InChI=1S/2C27H22ClN3O2S/c1-13-9-24(29)31-14(2)21(13)12-30-27(32)16-4-6-18-20(11-16)26-17-5-3-15(10-19(17)25(18)33-26)22-7-8-23(28)34-22;1-13-9-24(29)31-14(2)21(13)12-30-27(32)16-4-6-18-20(11-16)26-19-10-15(22-7-8-23(28)34-22)3-5-17(19)25(18)33-26/h2*3-11,25-26H,12H2,1-2H3,(H2,29,31)(H,30,32). The number of ether oxygens (including phenoxy) is 2. The fraction of sp³-hybridized carbons (Fsp3) is 0.185. The van der Waals surface area contributed by atoms with E-state index in [4.69, 9.17) is 44.1 Å². The molecule has 4 bridgehead atoms. The zero-order valence-corrected chi connectivity index (χ0v) is 40.5. The van der Waals surface area contributed by atoms with Gasteiger partial charge in [0.05, 0.1) is 8.67 Å². The summed E-state index contributed by atoms with van der Waals surface area (Å²) in [4.78, 5) is 36.8. The molecule has 68 heavy (non-hydrogen) atoms. The molecule has 4 unspecified atom stereocenters. The largest absolute Gasteiger partial charge is 0.384 e. The lowest BCUT2D eigenvalue weighted by Gasteiger charge is -2.18. The Morgan fingerprint density at radius 3 is 1.26 bits per heavy atom. The number of fused-ring (bicyclic) bond motifs is 16. The third-order valence-electron chi connectivity index (χ3n) is 13.4. The maximum absolute atomic E-state index is 13.0. The number of hydrogen-bond acceptors (Lipinski definition) is 10. The molecule has 14 heteroatoms. The first-order valence-corrected chi connectivity index (χ1v) is 24.6. The van der Waals surface area contributed by atoms with Crippen molar-refractivity contribution < 1.29 is 19.1 Å². The monoisotopic (exact) mass is 974 g/mol. The van der Waals surface area contributed by atoms with Crippen molar-refractivity contribution in [1.82, 2.24) is 20.6 Å². The van der Waals surface area contributed by atoms with E-state index in [2.05, 4.69) is 57.0 Å². The molecule has 4 aliphatic rings. The lowest BCUT2D eigenvalue weighted by Crippen LogP contribution is -2.24. The van der Waals surface area contributed by atoms with Crippen molar-refractivity contribution >= 4 is 69.3 Å². The Hall–Kier alpha value is -6.38. The van der Waals surface area contributed by atoms with Crippen molar-refractivity contribution in [3.8, 4) is 20.9 Å². The SMILES string of the molecule is Cc1cc(N)nc(C)c1CNC(=O)c1ccc2c(c1)C1OC2c2cc(-c3ccc(Cl)s3)ccc21.Cc1cc(N)nc(C)c1CNC(=O)c1ccc2c(c1)C1OC2c2ccc(-c3ccc(Cl)s3)cc21. The van der Waals surface area contributed by atoms with Crippen LogP contribution in [0.1, 0.15) is 123 Å². The van der Waals surface area contributed by atoms with Crippen molar-refractivity contribution in [2.45, 2.75) is 65.2 Å². The molecule has 0 saturated carbocycles. The Balaban J connectivity index is 0.000000149. The van der Waals surface area contributed by atoms with Crippen molar-refractivity contribution in [3.63, 3.8) is 0 Å². The van der Waals surface area contributed by atoms with Crippen molar-refractivity contribution in [3.05, 3.63) is 207 Å². The molecule has 4 aromatic carbocycles. The van der Waals surface area contributed by atoms with Crippen LogP contribution in [-0.4, -0.2) is 21.8 Å². The van der Waals surface area contributed by atoms with E-state index >= 15 is 0 Å². The van der Waals surface area contributed by atoms with Gasteiger partial charge >= 0.3 is 0 Å². The van der Waals surface area contributed by atoms with Crippen molar-refractivity contribution in [1.29, 1.82) is 0 Å². The van der Waals surface area contributed by atoms with E-state index in [1.165, 1.54) is 16.7 Å². The first kappa shape index (κ1) is 44.1. The molecule has 2 amide bonds. The van der Waals surface area contributed by atoms with Gasteiger partial charge < -0.3 is 31.6 Å². The lowest BCUT2D eigenvalue weighted by molar-refractivity contribution is 0.0856. The molecule has 8 aromatic rings. The highest BCUT2D eigenvalue weighted by molar-refractivity contribution is 7.19. The Morgan fingerprint density at radius 2 is 0.882 bits per heavy atom. The number of hydrogen-bond donors (Lipinski definition) is 4. The number of nitrogens with two attached hydrogens (primary N) is 2. The summed E-state index contributed by atoms with van der Waals surface area (Å²) in [7, 11) is 0. The number of thiophene rings is 2. The summed E-state index contributed by atoms with van der Waals surface area (Å²) < 4.78 is 14.2. The summed E-state index contributed by atoms with van der Waals surface area (Å²) >= 11 is 15.4. The third-order valence-corrected chi connectivity index (χ3v) is 16.0. The number of aromatic nitrogens is 2. The highest BCUT2D eigenvalue weighted by Gasteiger charge is 2.44. The molecule has 6 N–H and O–H groups in total. The van der Waals surface area contributed by atoms with Crippen molar-refractivity contribution in [2.75, 3.05) is 11.5 Å². The van der Waals surface area contributed by atoms with Gasteiger partial charge in [-0.25, -0.2) is 9.97 Å². The molecule has 4 aliphatic heterocycles. The zero-order valence-electron chi connectivity index (χ0n) is 37.4. The Bertz CT molecular complexity index is 3360. The van der Waals surface area contributed by atoms with Crippen LogP contribution in [0.5, 0.6) is 0 Å². The molecular weight excluding hydrogens is 932 g/mol. The normalized spacial score (nSPS) is 17.5. The van der Waals surface area contributed by atoms with E-state index in [0.29, 0.717) is 35.9 Å². The van der Waals surface area contributed by atoms with Crippen LogP contribution >= 0.6 is 45.9 Å². The average molecular weight is 976 g/mol. The number of halogens is 2. The van der Waals surface area contributed by atoms with Gasteiger partial charge in [-0.15, -0.1) is 22.7 Å². The second kappa shape index (κ2) is 17.3. The highest BCUT2D eigenvalue weighted by Crippen LogP contribution is 2.56. The van der Waals surface area contributed by atoms with E-state index in [9.17, 15) is 9.59 Å². The topological polar surface area (TPSA) is 154 Å². The summed E-state index contributed by atoms with van der Waals surface area (Å²) in [6.07, 6.45) is -0.494. The van der Waals surface area contributed by atoms with Crippen LogP contribution in [0.25, 0.3) is 20.9 Å². The number of aryl methyl sites for hydroxylation is 4. The lowest BCUT2D eigenvalue weighted by atomic mass is 9.84. The van der Waals surface area contributed by atoms with E-state index < -0.39 is 0 Å². The van der Waals surface area contributed by atoms with E-state index in [0.717, 1.165) is 91.0 Å². The summed E-state index contributed by atoms with van der Waals surface area (Å²) in [6.45, 7) is 8.58. The summed E-state index contributed by atoms with van der Waals surface area (Å²) in [5, 5.41) is 6.06. The predicted molar refractivity (Wildman–Crippen MR) is 271 cm³/mol. The Labute approximate surface area is 411 Å². The van der Waals surface area contributed by atoms with Crippen LogP contribution in [0, 0.1) is 27.7 Å². The van der Waals surface area contributed by atoms with Crippen LogP contribution in [0.15, 0.2) is 109 Å². The first-order chi connectivity index (χ1) is 32.8. The number of carbonyl (C=O) groups is 2. The maximum atomic E-state index is 13.0. The second-order valence-corrected chi connectivity index (χ2v) is 21.0. The van der Waals surface area contributed by atoms with E-state index in [1.807, 2.05) is 100 Å². The molecule has 4 aromatic heterocycles. The van der Waals surface area contributed by atoms with E-state index in [-0.39, 0.29) is 36.2 Å². The van der Waals surface area contributed by atoms with Gasteiger partial charge in [0.25, 0.3) is 11.8 Å². The van der Waals surface area contributed by atoms with Crippen LogP contribution in [0.4, 0.5) is 11.6 Å². The number of carbonyl (C=O) groups excluding carboxylic acids is 2. The van der Waals surface area contributed by atoms with Gasteiger partial charge in [-0.3, -0.25) is 9.59 Å². The fourth-order valence-corrected chi connectivity index (χ4v) is 12.1. The van der Waals surface area contributed by atoms with Gasteiger partial charge in [0.15, 0.2) is 0 Å². The van der Waals surface area contributed by atoms with Crippen LogP contribution in [0.2, 0.25) is 8.67 Å². The molecular formula is C54H44Cl2N6O4S2. The van der Waals surface area contributed by atoms with Gasteiger partial charge in [0.1, 0.15) is 36.1 Å². The highest BCUT2D eigenvalue weighted by atomic mass is 35.5. The average Bonchev–Trinajstić information content (AvgIpc) is 4.19. The molecule has 12 rings (SSSR count). The fourth-order valence-electron chi connectivity index (χ4n) is 10.1. The molecule has 0 spiro atoms. The summed E-state index contributed by atoms with van der Waals surface area (Å²) in [6, 6.07) is 36.2. The molecule has 0 radical (unpaired) electrons. The van der Waals surface area contributed by atoms with E-state index in [1.54, 1.807) is 22.7 Å². The maximum Gasteiger partial charge on any atom is 0.251 e. The van der Waals surface area contributed by atoms with Gasteiger partial charge in [-0.2, -0.15) is 0 Å². The quantitative estimate of drug-likeness (QED) is 0.117. The third kappa shape index (κ3) is 7.84. The molecule has 0 aliphatic carbocycles. The number of rotatable bonds is 8. The zero-order chi connectivity index (χ0) is 47.1. The summed E-state index contributed by atoms with van der Waals surface area (Å²) in [5.74, 6) is 0.740. The van der Waals surface area contributed by atoms with Gasteiger partial charge in [0, 0.05) is 45.4 Å². The Kier molecular flexibility index (Phi) is 11.2. The number of anilines is 2. The predicted octanol–water partition coefficient (Wildman–Crippen LogP) is 12.2. The number of pyridine rings is 2. The van der Waals surface area contributed by atoms with Crippen molar-refractivity contribution in [2.24, 2.45) is 0 Å². The number of nitrogen functional groups attached to an aromatic ring is 2. The number of benzene rings is 4. The molecule has 8 heterocycles. The van der Waals surface area contributed by atoms with Gasteiger partial charge in [-0.1, -0.05) is 59.6 Å². The van der Waals surface area contributed by atoms with Gasteiger partial charge in [0.2, 0.25) is 0 Å². The minimum absolute atomic E-state index is 0.0840.